The van der Waals surface area contributed by atoms with Gasteiger partial charge in [0.15, 0.2) is 0 Å². The molecule has 158 valence electrons. The van der Waals surface area contributed by atoms with Crippen LogP contribution in [0.1, 0.15) is 69.8 Å². The summed E-state index contributed by atoms with van der Waals surface area (Å²) >= 11 is 0. The maximum Gasteiger partial charge on any atom is 0.305 e. The van der Waals surface area contributed by atoms with Crippen molar-refractivity contribution in [3.05, 3.63) is 35.9 Å². The molecule has 0 bridgehead atoms. The smallest absolute Gasteiger partial charge is 0.305 e. The first-order chi connectivity index (χ1) is 13.5. The minimum atomic E-state index is -0.879. The minimum Gasteiger partial charge on any atom is -0.481 e. The summed E-state index contributed by atoms with van der Waals surface area (Å²) in [6.45, 7) is 0.544. The van der Waals surface area contributed by atoms with E-state index in [1.807, 2.05) is 19.0 Å². The van der Waals surface area contributed by atoms with Crippen LogP contribution in [0, 0.1) is 0 Å². The first-order valence-electron chi connectivity index (χ1n) is 10.7. The highest BCUT2D eigenvalue weighted by atomic mass is 16.4. The number of carbonyl (C=O) groups is 2. The van der Waals surface area contributed by atoms with Crippen molar-refractivity contribution in [3.63, 3.8) is 0 Å². The summed E-state index contributed by atoms with van der Waals surface area (Å²) in [5.74, 6) is -0.912. The lowest BCUT2D eigenvalue weighted by Crippen LogP contribution is -2.42. The van der Waals surface area contributed by atoms with E-state index >= 15 is 0 Å². The largest absolute Gasteiger partial charge is 0.481 e. The topological polar surface area (TPSA) is 69.6 Å². The van der Waals surface area contributed by atoms with Gasteiger partial charge in [0.05, 0.1) is 12.5 Å². The fraction of sp³-hybridized carbons (Fsp3) is 0.652. The van der Waals surface area contributed by atoms with Gasteiger partial charge in [0.2, 0.25) is 5.91 Å². The SMILES string of the molecule is CN(C)C[C@@H](CC(=O)O)NC(=O)CCCCCCCCCCc1ccccc1. The van der Waals surface area contributed by atoms with Crippen molar-refractivity contribution < 1.29 is 14.7 Å². The van der Waals surface area contributed by atoms with Gasteiger partial charge < -0.3 is 15.3 Å². The highest BCUT2D eigenvalue weighted by Gasteiger charge is 2.16. The predicted molar refractivity (Wildman–Crippen MR) is 114 cm³/mol. The van der Waals surface area contributed by atoms with Crippen LogP contribution in [0.5, 0.6) is 0 Å². The number of nitrogens with one attached hydrogen (secondary N) is 1. The number of carbonyl (C=O) groups excluding carboxylic acids is 1. The second-order valence-electron chi connectivity index (χ2n) is 7.94. The standard InChI is InChI=1S/C23H38N2O3/c1-25(2)19-21(18-23(27)28)24-22(26)17-13-8-6-4-3-5-7-10-14-20-15-11-9-12-16-20/h9,11-12,15-16,21H,3-8,10,13-14,17-19H2,1-2H3,(H,24,26)(H,27,28)/t21-/m1/s1. The maximum absolute atomic E-state index is 12.0. The lowest BCUT2D eigenvalue weighted by Gasteiger charge is -2.20. The molecule has 0 unspecified atom stereocenters. The van der Waals surface area contributed by atoms with Crippen LogP contribution in [0.15, 0.2) is 30.3 Å². The summed E-state index contributed by atoms with van der Waals surface area (Å²) in [6, 6.07) is 10.3. The molecule has 0 saturated heterocycles. The molecule has 2 N–H and O–H groups in total. The Labute approximate surface area is 170 Å². The molecule has 5 heteroatoms. The van der Waals surface area contributed by atoms with Crippen molar-refractivity contribution in [2.75, 3.05) is 20.6 Å². The number of likely N-dealkylation sites (N-methyl/N-ethyl adjacent to an activating group) is 1. The lowest BCUT2D eigenvalue weighted by molar-refractivity contribution is -0.137. The Morgan fingerprint density at radius 1 is 0.929 bits per heavy atom. The van der Waals surface area contributed by atoms with Gasteiger partial charge in [0.25, 0.3) is 0 Å². The highest BCUT2D eigenvalue weighted by molar-refractivity contribution is 5.77. The van der Waals surface area contributed by atoms with Gasteiger partial charge in [-0.15, -0.1) is 0 Å². The average Bonchev–Trinajstić information content (AvgIpc) is 2.63. The molecule has 0 spiro atoms. The Bertz CT molecular complexity index is 546. The molecule has 1 aromatic rings. The first-order valence-corrected chi connectivity index (χ1v) is 10.7. The number of amides is 1. The minimum absolute atomic E-state index is 0.0333. The van der Waals surface area contributed by atoms with Gasteiger partial charge in [-0.25, -0.2) is 0 Å². The zero-order valence-electron chi connectivity index (χ0n) is 17.7. The van der Waals surface area contributed by atoms with Gasteiger partial charge >= 0.3 is 5.97 Å². The molecule has 1 rings (SSSR count). The number of nitrogens with zero attached hydrogens (tertiary/aromatic N) is 1. The van der Waals surface area contributed by atoms with Crippen LogP contribution in [0.2, 0.25) is 0 Å². The van der Waals surface area contributed by atoms with E-state index < -0.39 is 5.97 Å². The Balaban J connectivity index is 1.98. The third kappa shape index (κ3) is 13.3. The van der Waals surface area contributed by atoms with Crippen molar-refractivity contribution in [3.8, 4) is 0 Å². The third-order valence-electron chi connectivity index (χ3n) is 4.83. The molecule has 1 amide bonds. The fourth-order valence-corrected chi connectivity index (χ4v) is 3.43. The fourth-order valence-electron chi connectivity index (χ4n) is 3.43. The van der Waals surface area contributed by atoms with E-state index in [0.29, 0.717) is 13.0 Å². The Hall–Kier alpha value is -1.88. The number of carboxylic acid groups (broad SMARTS) is 1. The maximum atomic E-state index is 12.0. The molecule has 0 radical (unpaired) electrons. The number of aryl methyl sites for hydroxylation is 1. The van der Waals surface area contributed by atoms with E-state index in [0.717, 1.165) is 12.8 Å². The van der Waals surface area contributed by atoms with E-state index in [1.165, 1.54) is 50.5 Å². The molecule has 1 aromatic carbocycles. The van der Waals surface area contributed by atoms with Crippen LogP contribution in [-0.2, 0) is 16.0 Å². The second kappa shape index (κ2) is 15.1. The molecular weight excluding hydrogens is 352 g/mol. The van der Waals surface area contributed by atoms with E-state index in [-0.39, 0.29) is 18.4 Å². The van der Waals surface area contributed by atoms with Crippen LogP contribution in [0.3, 0.4) is 0 Å². The lowest BCUT2D eigenvalue weighted by atomic mass is 10.0. The number of carboxylic acids is 1. The van der Waals surface area contributed by atoms with Gasteiger partial charge in [-0.3, -0.25) is 9.59 Å². The second-order valence-corrected chi connectivity index (χ2v) is 7.94. The summed E-state index contributed by atoms with van der Waals surface area (Å²) < 4.78 is 0. The quantitative estimate of drug-likeness (QED) is 0.414. The molecule has 0 aliphatic carbocycles. The Kier molecular flexibility index (Phi) is 13.0. The van der Waals surface area contributed by atoms with Crippen LogP contribution >= 0.6 is 0 Å². The molecule has 1 atom stereocenters. The number of benzene rings is 1. The number of hydrogen-bond acceptors (Lipinski definition) is 3. The summed E-state index contributed by atoms with van der Waals surface area (Å²) in [5.41, 5.74) is 1.43. The predicted octanol–water partition coefficient (Wildman–Crippen LogP) is 4.26. The van der Waals surface area contributed by atoms with E-state index in [9.17, 15) is 9.59 Å². The van der Waals surface area contributed by atoms with E-state index in [1.54, 1.807) is 0 Å². The van der Waals surface area contributed by atoms with Crippen molar-refractivity contribution in [2.45, 2.75) is 76.7 Å². The molecule has 0 aliphatic heterocycles. The zero-order chi connectivity index (χ0) is 20.6. The van der Waals surface area contributed by atoms with Gasteiger partial charge in [-0.05, 0) is 38.9 Å². The Morgan fingerprint density at radius 2 is 1.50 bits per heavy atom. The molecule has 0 aromatic heterocycles. The normalized spacial score (nSPS) is 12.1. The van der Waals surface area contributed by atoms with Gasteiger partial charge in [0.1, 0.15) is 0 Å². The van der Waals surface area contributed by atoms with Crippen molar-refractivity contribution in [2.24, 2.45) is 0 Å². The number of unbranched alkanes of at least 4 members (excludes halogenated alkanes) is 7. The molecule has 28 heavy (non-hydrogen) atoms. The zero-order valence-corrected chi connectivity index (χ0v) is 17.7. The number of rotatable bonds is 16. The van der Waals surface area contributed by atoms with Crippen LogP contribution in [0.25, 0.3) is 0 Å². The Morgan fingerprint density at radius 3 is 2.07 bits per heavy atom. The molecule has 0 heterocycles. The molecular formula is C23H38N2O3. The summed E-state index contributed by atoms with van der Waals surface area (Å²) in [7, 11) is 3.76. The number of hydrogen-bond donors (Lipinski definition) is 2. The van der Waals surface area contributed by atoms with Crippen molar-refractivity contribution in [1.29, 1.82) is 0 Å². The van der Waals surface area contributed by atoms with Gasteiger partial charge in [-0.2, -0.15) is 0 Å². The molecule has 0 aliphatic rings. The van der Waals surface area contributed by atoms with Crippen molar-refractivity contribution in [1.82, 2.24) is 10.2 Å². The third-order valence-corrected chi connectivity index (χ3v) is 4.83. The number of aliphatic carboxylic acids is 1. The van der Waals surface area contributed by atoms with Crippen LogP contribution < -0.4 is 5.32 Å². The van der Waals surface area contributed by atoms with E-state index in [2.05, 4.69) is 35.6 Å². The molecule has 5 nitrogen and oxygen atoms in total. The van der Waals surface area contributed by atoms with E-state index in [4.69, 9.17) is 5.11 Å². The first kappa shape index (κ1) is 24.2. The van der Waals surface area contributed by atoms with Gasteiger partial charge in [-0.1, -0.05) is 68.9 Å². The average molecular weight is 391 g/mol. The summed E-state index contributed by atoms with van der Waals surface area (Å²) in [6.07, 6.45) is 11.1. The van der Waals surface area contributed by atoms with Crippen LogP contribution in [0.4, 0.5) is 0 Å². The van der Waals surface area contributed by atoms with Gasteiger partial charge in [0, 0.05) is 13.0 Å². The highest BCUT2D eigenvalue weighted by Crippen LogP contribution is 2.12. The van der Waals surface area contributed by atoms with Crippen molar-refractivity contribution >= 4 is 11.9 Å². The molecule has 0 saturated carbocycles. The summed E-state index contributed by atoms with van der Waals surface area (Å²) in [4.78, 5) is 24.8. The van der Waals surface area contributed by atoms with Crippen LogP contribution in [-0.4, -0.2) is 48.6 Å². The summed E-state index contributed by atoms with van der Waals surface area (Å²) in [5, 5.41) is 11.8. The monoisotopic (exact) mass is 390 g/mol. The molecule has 0 fully saturated rings.